The van der Waals surface area contributed by atoms with E-state index in [-0.39, 0.29) is 29.9 Å². The number of carbonyl (C=O) groups is 2. The third-order valence-electron chi connectivity index (χ3n) is 5.18. The first-order valence-electron chi connectivity index (χ1n) is 10.8. The number of nitrogens with zero attached hydrogens (tertiary/aromatic N) is 1. The molecule has 1 heterocycles. The Morgan fingerprint density at radius 1 is 1.06 bits per heavy atom. The van der Waals surface area contributed by atoms with Gasteiger partial charge in [0.2, 0.25) is 5.56 Å². The number of H-pyrrole nitrogens is 1. The number of carboxylic acids is 1. The average molecular weight is 469 g/mol. The van der Waals surface area contributed by atoms with Crippen LogP contribution >= 0.6 is 0 Å². The molecule has 4 N–H and O–H groups in total. The summed E-state index contributed by atoms with van der Waals surface area (Å²) in [6, 6.07) is 12.1. The highest BCUT2D eigenvalue weighted by atomic mass is 16.6. The molecule has 2 aromatic carbocycles. The molecule has 1 aromatic heterocycles. The van der Waals surface area contributed by atoms with Crippen LogP contribution in [0.25, 0.3) is 10.9 Å². The molecule has 0 aliphatic heterocycles. The van der Waals surface area contributed by atoms with Crippen molar-refractivity contribution in [3.63, 3.8) is 0 Å². The fraction of sp³-hybridized carbons (Fsp3) is 0.320. The van der Waals surface area contributed by atoms with E-state index in [1.165, 1.54) is 35.2 Å². The van der Waals surface area contributed by atoms with Gasteiger partial charge in [-0.3, -0.25) is 4.79 Å². The zero-order chi connectivity index (χ0) is 25.0. The number of phenolic OH excluding ortho intramolecular Hbond substituents is 1. The minimum atomic E-state index is -1.13. The molecule has 0 radical (unpaired) electrons. The van der Waals surface area contributed by atoms with Crippen molar-refractivity contribution in [1.29, 1.82) is 0 Å². The quantitative estimate of drug-likeness (QED) is 0.416. The topological polar surface area (TPSA) is 140 Å². The van der Waals surface area contributed by atoms with E-state index in [0.29, 0.717) is 17.4 Å². The lowest BCUT2D eigenvalue weighted by Crippen LogP contribution is -2.40. The first kappa shape index (κ1) is 24.8. The highest BCUT2D eigenvalue weighted by Gasteiger charge is 2.25. The second-order valence-electron chi connectivity index (χ2n) is 8.98. The summed E-state index contributed by atoms with van der Waals surface area (Å²) >= 11 is 0. The van der Waals surface area contributed by atoms with Crippen molar-refractivity contribution in [2.24, 2.45) is 0 Å². The molecule has 180 valence electrons. The third kappa shape index (κ3) is 6.14. The smallest absolute Gasteiger partial charge is 0.410 e. The van der Waals surface area contributed by atoms with Crippen molar-refractivity contribution in [3.05, 3.63) is 75.6 Å². The molecular formula is C25H28N2O7. The summed E-state index contributed by atoms with van der Waals surface area (Å²) in [6.45, 7) is 5.35. The van der Waals surface area contributed by atoms with Gasteiger partial charge in [-0.15, -0.1) is 0 Å². The molecular weight excluding hydrogens is 440 g/mol. The van der Waals surface area contributed by atoms with Crippen LogP contribution in [0.15, 0.2) is 53.3 Å². The van der Waals surface area contributed by atoms with Crippen LogP contribution in [0.1, 0.15) is 48.4 Å². The number of aromatic carboxylic acids is 1. The number of aromatic nitrogens is 1. The molecule has 1 amide bonds. The van der Waals surface area contributed by atoms with E-state index in [4.69, 9.17) is 9.84 Å². The zero-order valence-electron chi connectivity index (χ0n) is 19.2. The van der Waals surface area contributed by atoms with Crippen LogP contribution in [0.3, 0.4) is 0 Å². The van der Waals surface area contributed by atoms with Gasteiger partial charge in [0, 0.05) is 18.0 Å². The van der Waals surface area contributed by atoms with Crippen LogP contribution in [0, 0.1) is 0 Å². The SMILES string of the molecule is CC(C)(C)OC(=O)N(CCc1ccc(C(=O)O)cc1)C[C@H](O)c1ccc(O)c2[nH]c(=O)ccc12. The molecule has 1 atom stereocenters. The first-order valence-corrected chi connectivity index (χ1v) is 10.8. The largest absolute Gasteiger partial charge is 0.506 e. The van der Waals surface area contributed by atoms with Crippen LogP contribution in [-0.2, 0) is 11.2 Å². The van der Waals surface area contributed by atoms with E-state index < -0.39 is 29.3 Å². The number of benzene rings is 2. The fourth-order valence-corrected chi connectivity index (χ4v) is 3.52. The summed E-state index contributed by atoms with van der Waals surface area (Å²) in [5.74, 6) is -1.15. The lowest BCUT2D eigenvalue weighted by atomic mass is 10.0. The van der Waals surface area contributed by atoms with Crippen LogP contribution < -0.4 is 5.56 Å². The second kappa shape index (κ2) is 9.96. The molecule has 9 heteroatoms. The van der Waals surface area contributed by atoms with Crippen LogP contribution in [-0.4, -0.2) is 56.0 Å². The summed E-state index contributed by atoms with van der Waals surface area (Å²) in [6.07, 6.45) is -1.32. The summed E-state index contributed by atoms with van der Waals surface area (Å²) in [5.41, 5.74) is 0.489. The molecule has 0 aliphatic rings. The van der Waals surface area contributed by atoms with Crippen molar-refractivity contribution in [3.8, 4) is 5.75 Å². The van der Waals surface area contributed by atoms with E-state index in [9.17, 15) is 24.6 Å². The van der Waals surface area contributed by atoms with Gasteiger partial charge >= 0.3 is 12.1 Å². The monoisotopic (exact) mass is 468 g/mol. The Morgan fingerprint density at radius 3 is 2.35 bits per heavy atom. The van der Waals surface area contributed by atoms with E-state index in [1.807, 2.05) is 0 Å². The van der Waals surface area contributed by atoms with Gasteiger partial charge in [-0.25, -0.2) is 9.59 Å². The standard InChI is InChI=1S/C25H28N2O7/c1-25(2,3)34-24(33)27(13-12-15-4-6-16(7-5-15)23(31)32)14-20(29)17-8-10-19(28)22-18(17)9-11-21(30)26-22/h4-11,20,28-29H,12-14H2,1-3H3,(H,26,30)(H,31,32)/t20-/m0/s1. The number of aromatic hydroxyl groups is 1. The Bertz CT molecular complexity index is 1240. The van der Waals surface area contributed by atoms with Crippen LogP contribution in [0.2, 0.25) is 0 Å². The van der Waals surface area contributed by atoms with E-state index in [2.05, 4.69) is 4.98 Å². The highest BCUT2D eigenvalue weighted by molar-refractivity contribution is 5.88. The highest BCUT2D eigenvalue weighted by Crippen LogP contribution is 2.29. The molecule has 0 aliphatic carbocycles. The Morgan fingerprint density at radius 2 is 1.74 bits per heavy atom. The number of nitrogens with one attached hydrogen (secondary N) is 1. The summed E-state index contributed by atoms with van der Waals surface area (Å²) in [7, 11) is 0. The van der Waals surface area contributed by atoms with Gasteiger partial charge in [0.15, 0.2) is 0 Å². The predicted molar refractivity (Wildman–Crippen MR) is 126 cm³/mol. The van der Waals surface area contributed by atoms with Gasteiger partial charge < -0.3 is 29.9 Å². The number of aliphatic hydroxyl groups excluding tert-OH is 1. The lowest BCUT2D eigenvalue weighted by Gasteiger charge is -2.29. The molecule has 0 saturated heterocycles. The zero-order valence-corrected chi connectivity index (χ0v) is 19.2. The number of hydrogen-bond acceptors (Lipinski definition) is 6. The predicted octanol–water partition coefficient (Wildman–Crippen LogP) is 3.45. The Labute approximate surface area is 196 Å². The number of ether oxygens (including phenoxy) is 1. The summed E-state index contributed by atoms with van der Waals surface area (Å²) in [5, 5.41) is 30.6. The molecule has 0 saturated carbocycles. The molecule has 0 bridgehead atoms. The van der Waals surface area contributed by atoms with Crippen molar-refractivity contribution in [2.75, 3.05) is 13.1 Å². The Hall–Kier alpha value is -3.85. The van der Waals surface area contributed by atoms with Gasteiger partial charge in [-0.05, 0) is 62.6 Å². The number of aliphatic hydroxyl groups is 1. The van der Waals surface area contributed by atoms with Crippen molar-refractivity contribution >= 4 is 23.0 Å². The minimum Gasteiger partial charge on any atom is -0.506 e. The van der Waals surface area contributed by atoms with Gasteiger partial charge in [0.05, 0.1) is 23.7 Å². The normalized spacial score (nSPS) is 12.4. The number of amides is 1. The Kier molecular flexibility index (Phi) is 7.26. The maximum absolute atomic E-state index is 12.9. The minimum absolute atomic E-state index is 0.0961. The molecule has 3 rings (SSSR count). The van der Waals surface area contributed by atoms with Crippen LogP contribution in [0.4, 0.5) is 4.79 Å². The molecule has 3 aromatic rings. The van der Waals surface area contributed by atoms with E-state index in [0.717, 1.165) is 5.56 Å². The van der Waals surface area contributed by atoms with Crippen molar-refractivity contribution in [1.82, 2.24) is 9.88 Å². The fourth-order valence-electron chi connectivity index (χ4n) is 3.52. The lowest BCUT2D eigenvalue weighted by molar-refractivity contribution is 0.0148. The maximum Gasteiger partial charge on any atom is 0.410 e. The number of aromatic amines is 1. The number of fused-ring (bicyclic) bond motifs is 1. The number of carbonyl (C=O) groups excluding carboxylic acids is 1. The second-order valence-corrected chi connectivity index (χ2v) is 8.98. The average Bonchev–Trinajstić information content (AvgIpc) is 2.76. The number of hydrogen-bond donors (Lipinski definition) is 4. The number of pyridine rings is 1. The summed E-state index contributed by atoms with van der Waals surface area (Å²) in [4.78, 5) is 39.5. The molecule has 9 nitrogen and oxygen atoms in total. The van der Waals surface area contributed by atoms with E-state index >= 15 is 0 Å². The van der Waals surface area contributed by atoms with Gasteiger partial charge in [-0.2, -0.15) is 0 Å². The van der Waals surface area contributed by atoms with Gasteiger partial charge in [0.25, 0.3) is 0 Å². The molecule has 0 spiro atoms. The third-order valence-corrected chi connectivity index (χ3v) is 5.18. The Balaban J connectivity index is 1.84. The molecule has 0 unspecified atom stereocenters. The van der Waals surface area contributed by atoms with Crippen LogP contribution in [0.5, 0.6) is 5.75 Å². The van der Waals surface area contributed by atoms with Gasteiger partial charge in [0.1, 0.15) is 11.4 Å². The van der Waals surface area contributed by atoms with Crippen molar-refractivity contribution < 1.29 is 29.6 Å². The summed E-state index contributed by atoms with van der Waals surface area (Å²) < 4.78 is 5.51. The molecule has 0 fully saturated rings. The van der Waals surface area contributed by atoms with Crippen molar-refractivity contribution in [2.45, 2.75) is 38.9 Å². The number of carboxylic acid groups (broad SMARTS) is 1. The first-order chi connectivity index (χ1) is 15.9. The van der Waals surface area contributed by atoms with E-state index in [1.54, 1.807) is 39.0 Å². The van der Waals surface area contributed by atoms with Gasteiger partial charge in [-0.1, -0.05) is 18.2 Å². The molecule has 34 heavy (non-hydrogen) atoms. The maximum atomic E-state index is 12.9. The number of rotatable bonds is 7. The number of phenols is 1.